The number of benzene rings is 2. The Balaban J connectivity index is 2.27. The molecule has 1 heterocycles. The highest BCUT2D eigenvalue weighted by molar-refractivity contribution is 5.96. The number of para-hydroxylation sites is 1. The number of ether oxygens (including phenoxy) is 1. The van der Waals surface area contributed by atoms with Gasteiger partial charge in [0.15, 0.2) is 11.3 Å². The summed E-state index contributed by atoms with van der Waals surface area (Å²) in [5.74, 6) is -0.115. The summed E-state index contributed by atoms with van der Waals surface area (Å²) < 4.78 is 11.1. The fraction of sp³-hybridized carbons (Fsp3) is 0.0556. The summed E-state index contributed by atoms with van der Waals surface area (Å²) >= 11 is 0. The molecule has 3 rings (SSSR count). The van der Waals surface area contributed by atoms with Crippen molar-refractivity contribution in [1.29, 1.82) is 5.26 Å². The van der Waals surface area contributed by atoms with Crippen LogP contribution in [0.15, 0.2) is 57.9 Å². The van der Waals surface area contributed by atoms with Crippen LogP contribution in [0.3, 0.4) is 0 Å². The van der Waals surface area contributed by atoms with E-state index >= 15 is 0 Å². The lowest BCUT2D eigenvalue weighted by Crippen LogP contribution is -2.21. The van der Waals surface area contributed by atoms with Crippen molar-refractivity contribution in [1.82, 2.24) is 0 Å². The van der Waals surface area contributed by atoms with E-state index in [1.165, 1.54) is 7.11 Å². The first-order valence-corrected chi connectivity index (χ1v) is 7.08. The van der Waals surface area contributed by atoms with Crippen molar-refractivity contribution < 1.29 is 13.9 Å². The lowest BCUT2D eigenvalue weighted by molar-refractivity contribution is 0.0996. The molecule has 0 spiro atoms. The molecule has 6 nitrogen and oxygen atoms in total. The molecule has 0 unspecified atom stereocenters. The zero-order valence-electron chi connectivity index (χ0n) is 12.8. The van der Waals surface area contributed by atoms with Crippen LogP contribution in [0.2, 0.25) is 0 Å². The predicted octanol–water partition coefficient (Wildman–Crippen LogP) is 2.64. The molecule has 1 aromatic heterocycles. The van der Waals surface area contributed by atoms with E-state index in [9.17, 15) is 4.79 Å². The van der Waals surface area contributed by atoms with Gasteiger partial charge >= 0.3 is 0 Å². The average molecular weight is 319 g/mol. The van der Waals surface area contributed by atoms with Crippen LogP contribution in [0.25, 0.3) is 11.0 Å². The maximum atomic E-state index is 11.7. The highest BCUT2D eigenvalue weighted by Crippen LogP contribution is 2.24. The number of hydrogen-bond acceptors (Lipinski definition) is 5. The summed E-state index contributed by atoms with van der Waals surface area (Å²) in [4.78, 5) is 16.1. The number of carbonyl (C=O) groups excluding carboxylic acids is 1. The third kappa shape index (κ3) is 2.83. The fourth-order valence-electron chi connectivity index (χ4n) is 2.27. The normalized spacial score (nSPS) is 11.2. The molecule has 0 bridgehead atoms. The molecule has 1 amide bonds. The zero-order chi connectivity index (χ0) is 17.1. The van der Waals surface area contributed by atoms with Gasteiger partial charge in [0.05, 0.1) is 24.4 Å². The smallest absolute Gasteiger partial charge is 0.254 e. The molecule has 0 radical (unpaired) electrons. The Kier molecular flexibility index (Phi) is 4.00. The Hall–Kier alpha value is -3.59. The number of amides is 1. The van der Waals surface area contributed by atoms with E-state index in [1.807, 2.05) is 6.07 Å². The molecule has 0 fully saturated rings. The Morgan fingerprint density at radius 3 is 2.62 bits per heavy atom. The van der Waals surface area contributed by atoms with E-state index in [1.54, 1.807) is 48.5 Å². The van der Waals surface area contributed by atoms with Crippen molar-refractivity contribution in [2.45, 2.75) is 0 Å². The zero-order valence-corrected chi connectivity index (χ0v) is 12.8. The van der Waals surface area contributed by atoms with Gasteiger partial charge in [-0.25, -0.2) is 4.99 Å². The molecule has 2 aromatic carbocycles. The second-order valence-corrected chi connectivity index (χ2v) is 4.98. The summed E-state index contributed by atoms with van der Waals surface area (Å²) in [6, 6.07) is 15.6. The molecular weight excluding hydrogens is 306 g/mol. The molecular formula is C18H13N3O3. The number of methoxy groups -OCH3 is 1. The number of nitrogens with two attached hydrogens (primary N) is 1. The van der Waals surface area contributed by atoms with Crippen LogP contribution in [0.4, 0.5) is 5.69 Å². The topological polar surface area (TPSA) is 102 Å². The molecule has 24 heavy (non-hydrogen) atoms. The van der Waals surface area contributed by atoms with E-state index in [0.717, 1.165) is 0 Å². The minimum atomic E-state index is -0.643. The van der Waals surface area contributed by atoms with Gasteiger partial charge in [-0.3, -0.25) is 4.79 Å². The second kappa shape index (κ2) is 6.26. The van der Waals surface area contributed by atoms with Crippen molar-refractivity contribution >= 4 is 22.6 Å². The summed E-state index contributed by atoms with van der Waals surface area (Å²) in [7, 11) is 1.53. The lowest BCUT2D eigenvalue weighted by Gasteiger charge is -2.06. The summed E-state index contributed by atoms with van der Waals surface area (Å²) in [5.41, 5.74) is 7.22. The Labute approximate surface area is 137 Å². The lowest BCUT2D eigenvalue weighted by atomic mass is 10.1. The van der Waals surface area contributed by atoms with Crippen molar-refractivity contribution in [2.24, 2.45) is 10.7 Å². The summed E-state index contributed by atoms with van der Waals surface area (Å²) in [5, 5.41) is 9.52. The number of fused-ring (bicyclic) bond motifs is 1. The van der Waals surface area contributed by atoms with Gasteiger partial charge in [-0.2, -0.15) is 5.26 Å². The van der Waals surface area contributed by atoms with Gasteiger partial charge in [-0.05, 0) is 36.4 Å². The molecule has 0 atom stereocenters. The van der Waals surface area contributed by atoms with E-state index < -0.39 is 5.91 Å². The number of primary amides is 1. The van der Waals surface area contributed by atoms with Crippen LogP contribution < -0.4 is 16.0 Å². The van der Waals surface area contributed by atoms with Gasteiger partial charge in [-0.15, -0.1) is 0 Å². The van der Waals surface area contributed by atoms with Gasteiger partial charge in [0.2, 0.25) is 5.55 Å². The first-order valence-electron chi connectivity index (χ1n) is 7.08. The number of nitriles is 1. The number of carbonyl (C=O) groups is 1. The quantitative estimate of drug-likeness (QED) is 0.801. The number of hydrogen-bond donors (Lipinski definition) is 1. The van der Waals surface area contributed by atoms with Crippen molar-refractivity contribution in [2.75, 3.05) is 7.11 Å². The second-order valence-electron chi connectivity index (χ2n) is 4.98. The van der Waals surface area contributed by atoms with E-state index in [-0.39, 0.29) is 11.1 Å². The minimum absolute atomic E-state index is 0.0872. The Morgan fingerprint density at radius 1 is 1.25 bits per heavy atom. The van der Waals surface area contributed by atoms with Crippen molar-refractivity contribution in [3.8, 4) is 11.8 Å². The Bertz CT molecular complexity index is 1030. The van der Waals surface area contributed by atoms with Gasteiger partial charge in [0.1, 0.15) is 5.56 Å². The first-order chi connectivity index (χ1) is 11.6. The maximum Gasteiger partial charge on any atom is 0.254 e. The highest BCUT2D eigenvalue weighted by Gasteiger charge is 2.12. The third-order valence-corrected chi connectivity index (χ3v) is 3.45. The molecule has 3 aromatic rings. The SMILES string of the molecule is COc1cccc2cc(C(N)=O)c(=Nc3ccc(C#N)cc3)oc12. The predicted molar refractivity (Wildman–Crippen MR) is 87.7 cm³/mol. The monoisotopic (exact) mass is 319 g/mol. The molecule has 0 aliphatic rings. The van der Waals surface area contributed by atoms with E-state index in [2.05, 4.69) is 4.99 Å². The van der Waals surface area contributed by atoms with Crippen LogP contribution in [0, 0.1) is 11.3 Å². The summed E-state index contributed by atoms with van der Waals surface area (Å²) in [6.45, 7) is 0. The van der Waals surface area contributed by atoms with Gasteiger partial charge in [-0.1, -0.05) is 12.1 Å². The largest absolute Gasteiger partial charge is 0.493 e. The number of rotatable bonds is 3. The van der Waals surface area contributed by atoms with Crippen LogP contribution in [-0.2, 0) is 0 Å². The van der Waals surface area contributed by atoms with Crippen molar-refractivity contribution in [3.05, 3.63) is 65.2 Å². The molecule has 0 aliphatic heterocycles. The first kappa shape index (κ1) is 15.3. The summed E-state index contributed by atoms with van der Waals surface area (Å²) in [6.07, 6.45) is 0. The maximum absolute atomic E-state index is 11.7. The Morgan fingerprint density at radius 2 is 2.00 bits per heavy atom. The van der Waals surface area contributed by atoms with Crippen molar-refractivity contribution in [3.63, 3.8) is 0 Å². The van der Waals surface area contributed by atoms with Crippen LogP contribution in [-0.4, -0.2) is 13.0 Å². The van der Waals surface area contributed by atoms with Crippen LogP contribution in [0.1, 0.15) is 15.9 Å². The van der Waals surface area contributed by atoms with Gasteiger partial charge < -0.3 is 14.9 Å². The number of nitrogens with zero attached hydrogens (tertiary/aromatic N) is 2. The van der Waals surface area contributed by atoms with E-state index in [0.29, 0.717) is 28.0 Å². The molecule has 2 N–H and O–H groups in total. The van der Waals surface area contributed by atoms with Crippen LogP contribution in [0.5, 0.6) is 5.75 Å². The minimum Gasteiger partial charge on any atom is -0.493 e. The molecule has 0 saturated heterocycles. The molecule has 0 saturated carbocycles. The van der Waals surface area contributed by atoms with E-state index in [4.69, 9.17) is 20.1 Å². The molecule has 6 heteroatoms. The van der Waals surface area contributed by atoms with Gasteiger partial charge in [0, 0.05) is 5.39 Å². The average Bonchev–Trinajstić information content (AvgIpc) is 2.61. The van der Waals surface area contributed by atoms with Gasteiger partial charge in [0.25, 0.3) is 5.91 Å². The molecule has 0 aliphatic carbocycles. The fourth-order valence-corrected chi connectivity index (χ4v) is 2.27. The van der Waals surface area contributed by atoms with Crippen LogP contribution >= 0.6 is 0 Å². The standard InChI is InChI=1S/C18H13N3O3/c1-23-15-4-2-3-12-9-14(17(20)22)18(24-16(12)15)21-13-7-5-11(10-19)6-8-13/h2-9H,1H3,(H2,20,22). The highest BCUT2D eigenvalue weighted by atomic mass is 16.5. The molecule has 118 valence electrons. The third-order valence-electron chi connectivity index (χ3n) is 3.45.